The van der Waals surface area contributed by atoms with Crippen molar-refractivity contribution in [3.05, 3.63) is 0 Å². The number of ether oxygens (including phenoxy) is 1. The standard InChI is InChI=1S/C8H16O2/c1-4-5-8(9)10-6-7(2)3/h7H,4-6H2,1-3H3/i10+2. The van der Waals surface area contributed by atoms with E-state index in [0.29, 0.717) is 18.9 Å². The fraction of sp³-hybridized carbons (Fsp3) is 0.875. The van der Waals surface area contributed by atoms with Gasteiger partial charge in [-0.05, 0) is 12.3 Å². The van der Waals surface area contributed by atoms with Crippen LogP contribution in [0.5, 0.6) is 0 Å². The lowest BCUT2D eigenvalue weighted by molar-refractivity contribution is -0.144. The molecule has 0 aromatic carbocycles. The van der Waals surface area contributed by atoms with E-state index < -0.39 is 0 Å². The van der Waals surface area contributed by atoms with E-state index in [1.807, 2.05) is 20.8 Å². The molecule has 0 bridgehead atoms. The minimum atomic E-state index is -0.0730. The molecule has 10 heavy (non-hydrogen) atoms. The third-order valence-electron chi connectivity index (χ3n) is 1.03. The normalized spacial score (nSPS) is 10.0. The summed E-state index contributed by atoms with van der Waals surface area (Å²) in [6.45, 7) is 6.58. The molecule has 0 atom stereocenters. The summed E-state index contributed by atoms with van der Waals surface area (Å²) in [5.41, 5.74) is 0. The van der Waals surface area contributed by atoms with Gasteiger partial charge in [0.25, 0.3) is 0 Å². The second-order valence-electron chi connectivity index (χ2n) is 2.83. The third kappa shape index (κ3) is 5.60. The molecule has 0 aliphatic carbocycles. The number of carbonyl (C=O) groups is 1. The van der Waals surface area contributed by atoms with Crippen LogP contribution in [0.4, 0.5) is 0 Å². The summed E-state index contributed by atoms with van der Waals surface area (Å²) in [6.07, 6.45) is 1.42. The van der Waals surface area contributed by atoms with Gasteiger partial charge in [-0.15, -0.1) is 0 Å². The minimum Gasteiger partial charge on any atom is -0.465 e. The first-order valence-electron chi connectivity index (χ1n) is 3.82. The minimum absolute atomic E-state index is 0.0730. The Morgan fingerprint density at radius 1 is 1.50 bits per heavy atom. The lowest BCUT2D eigenvalue weighted by Crippen LogP contribution is -2.08. The van der Waals surface area contributed by atoms with Crippen molar-refractivity contribution in [3.63, 3.8) is 0 Å². The van der Waals surface area contributed by atoms with Gasteiger partial charge < -0.3 is 4.74 Å². The summed E-state index contributed by atoms with van der Waals surface area (Å²) in [7, 11) is 0. The average Bonchev–Trinajstić information content (AvgIpc) is 1.85. The molecule has 0 aromatic heterocycles. The largest absolute Gasteiger partial charge is 0.465 e. The second-order valence-corrected chi connectivity index (χ2v) is 2.83. The molecule has 0 heterocycles. The molecule has 0 rings (SSSR count). The van der Waals surface area contributed by atoms with E-state index in [9.17, 15) is 4.79 Å². The van der Waals surface area contributed by atoms with Crippen molar-refractivity contribution in [1.82, 2.24) is 0 Å². The lowest BCUT2D eigenvalue weighted by atomic mass is 10.3. The molecule has 2 nitrogen and oxygen atoms in total. The van der Waals surface area contributed by atoms with Crippen LogP contribution in [0.1, 0.15) is 33.6 Å². The Morgan fingerprint density at radius 3 is 2.50 bits per heavy atom. The van der Waals surface area contributed by atoms with Gasteiger partial charge in [-0.3, -0.25) is 4.79 Å². The molecule has 0 aromatic rings. The van der Waals surface area contributed by atoms with Crippen molar-refractivity contribution in [2.75, 3.05) is 6.61 Å². The fourth-order valence-corrected chi connectivity index (χ4v) is 0.536. The van der Waals surface area contributed by atoms with Crippen LogP contribution in [0.15, 0.2) is 0 Å². The molecule has 60 valence electrons. The Kier molecular flexibility index (Phi) is 4.99. The van der Waals surface area contributed by atoms with Crippen molar-refractivity contribution in [3.8, 4) is 0 Å². The van der Waals surface area contributed by atoms with Crippen molar-refractivity contribution >= 4 is 5.97 Å². The number of carbonyl (C=O) groups excluding carboxylic acids is 1. The van der Waals surface area contributed by atoms with Crippen LogP contribution in [-0.4, -0.2) is 12.6 Å². The molecule has 0 saturated carbocycles. The van der Waals surface area contributed by atoms with Gasteiger partial charge in [0.2, 0.25) is 0 Å². The van der Waals surface area contributed by atoms with Crippen molar-refractivity contribution < 1.29 is 9.53 Å². The number of hydrogen-bond donors (Lipinski definition) is 0. The van der Waals surface area contributed by atoms with Gasteiger partial charge in [0.05, 0.1) is 6.61 Å². The van der Waals surface area contributed by atoms with E-state index in [1.54, 1.807) is 0 Å². The highest BCUT2D eigenvalue weighted by atomic mass is 18.3. The smallest absolute Gasteiger partial charge is 0.305 e. The molecule has 0 unspecified atom stereocenters. The van der Waals surface area contributed by atoms with Crippen LogP contribution in [0, 0.1) is 5.92 Å². The van der Waals surface area contributed by atoms with Gasteiger partial charge in [-0.1, -0.05) is 20.8 Å². The first-order valence-corrected chi connectivity index (χ1v) is 3.82. The zero-order valence-electron chi connectivity index (χ0n) is 7.02. The highest BCUT2D eigenvalue weighted by molar-refractivity contribution is 5.69. The zero-order valence-corrected chi connectivity index (χ0v) is 7.02. The summed E-state index contributed by atoms with van der Waals surface area (Å²) in [4.78, 5) is 10.7. The number of hydrogen-bond acceptors (Lipinski definition) is 2. The van der Waals surface area contributed by atoms with Gasteiger partial charge in [-0.25, -0.2) is 0 Å². The SMILES string of the molecule is CCCC(=O)[18O]CC(C)C. The van der Waals surface area contributed by atoms with Crippen molar-refractivity contribution in [2.45, 2.75) is 33.6 Å². The molecule has 0 fully saturated rings. The summed E-state index contributed by atoms with van der Waals surface area (Å²) in [6, 6.07) is 0. The highest BCUT2D eigenvalue weighted by Crippen LogP contribution is 1.96. The molecule has 0 aliphatic heterocycles. The van der Waals surface area contributed by atoms with Crippen LogP contribution in [0.25, 0.3) is 0 Å². The van der Waals surface area contributed by atoms with E-state index in [-0.39, 0.29) is 5.97 Å². The quantitative estimate of drug-likeness (QED) is 0.448. The van der Waals surface area contributed by atoms with Gasteiger partial charge in [0, 0.05) is 6.42 Å². The van der Waals surface area contributed by atoms with Crippen LogP contribution < -0.4 is 0 Å². The van der Waals surface area contributed by atoms with Gasteiger partial charge >= 0.3 is 5.97 Å². The van der Waals surface area contributed by atoms with E-state index >= 15 is 0 Å². The van der Waals surface area contributed by atoms with E-state index in [0.717, 1.165) is 6.42 Å². The molecular formula is C8H16O2. The highest BCUT2D eigenvalue weighted by Gasteiger charge is 2.00. The Bertz CT molecular complexity index is 97.4. The van der Waals surface area contributed by atoms with Crippen molar-refractivity contribution in [2.24, 2.45) is 5.92 Å². The third-order valence-corrected chi connectivity index (χ3v) is 1.03. The van der Waals surface area contributed by atoms with Gasteiger partial charge in [0.1, 0.15) is 0 Å². The molecule has 2 heteroatoms. The van der Waals surface area contributed by atoms with Crippen LogP contribution in [-0.2, 0) is 9.53 Å². The van der Waals surface area contributed by atoms with Gasteiger partial charge in [0.15, 0.2) is 0 Å². The Morgan fingerprint density at radius 2 is 2.10 bits per heavy atom. The molecule has 0 amide bonds. The monoisotopic (exact) mass is 146 g/mol. The van der Waals surface area contributed by atoms with Crippen LogP contribution in [0.3, 0.4) is 0 Å². The predicted octanol–water partition coefficient (Wildman–Crippen LogP) is 1.99. The zero-order chi connectivity index (χ0) is 7.98. The Balaban J connectivity index is 3.22. The molecule has 0 N–H and O–H groups in total. The van der Waals surface area contributed by atoms with Gasteiger partial charge in [-0.2, -0.15) is 0 Å². The first-order chi connectivity index (χ1) is 4.66. The number of rotatable bonds is 4. The average molecular weight is 146 g/mol. The maximum Gasteiger partial charge on any atom is 0.305 e. The molecule has 0 spiro atoms. The summed E-state index contributed by atoms with van der Waals surface area (Å²) >= 11 is 0. The summed E-state index contributed by atoms with van der Waals surface area (Å²) < 4.78 is 4.90. The van der Waals surface area contributed by atoms with Crippen LogP contribution in [0.2, 0.25) is 0 Å². The molecule has 0 radical (unpaired) electrons. The van der Waals surface area contributed by atoms with E-state index in [1.165, 1.54) is 0 Å². The van der Waals surface area contributed by atoms with Crippen LogP contribution >= 0.6 is 0 Å². The summed E-state index contributed by atoms with van der Waals surface area (Å²) in [5, 5.41) is 0. The van der Waals surface area contributed by atoms with Crippen molar-refractivity contribution in [1.29, 1.82) is 0 Å². The Hall–Kier alpha value is -0.530. The maximum atomic E-state index is 10.7. The molecular weight excluding hydrogens is 130 g/mol. The maximum absolute atomic E-state index is 10.7. The fourth-order valence-electron chi connectivity index (χ4n) is 0.536. The van der Waals surface area contributed by atoms with E-state index in [2.05, 4.69) is 0 Å². The Labute approximate surface area is 62.6 Å². The second kappa shape index (κ2) is 5.27. The lowest BCUT2D eigenvalue weighted by Gasteiger charge is -2.05. The first kappa shape index (κ1) is 9.47. The van der Waals surface area contributed by atoms with E-state index in [4.69, 9.17) is 4.74 Å². The predicted molar refractivity (Wildman–Crippen MR) is 40.7 cm³/mol. The molecule has 0 saturated heterocycles. The topological polar surface area (TPSA) is 26.3 Å². The molecule has 0 aliphatic rings. The summed E-state index contributed by atoms with van der Waals surface area (Å²) in [5.74, 6) is 0.372. The number of esters is 1.